The first-order chi connectivity index (χ1) is 20.7. The molecule has 43 heavy (non-hydrogen) atoms. The number of fused-ring (bicyclic) bond motifs is 1. The van der Waals surface area contributed by atoms with Crippen LogP contribution in [0.3, 0.4) is 0 Å². The zero-order chi connectivity index (χ0) is 30.7. The van der Waals surface area contributed by atoms with Crippen LogP contribution in [0, 0.1) is 0 Å². The van der Waals surface area contributed by atoms with E-state index < -0.39 is 12.0 Å². The van der Waals surface area contributed by atoms with Crippen LogP contribution in [0.1, 0.15) is 36.6 Å². The van der Waals surface area contributed by atoms with Crippen molar-refractivity contribution < 1.29 is 23.7 Å². The number of hydrogen-bond donors (Lipinski definition) is 0. The van der Waals surface area contributed by atoms with Gasteiger partial charge in [-0.15, -0.1) is 0 Å². The van der Waals surface area contributed by atoms with Crippen molar-refractivity contribution in [2.45, 2.75) is 26.5 Å². The van der Waals surface area contributed by atoms with E-state index in [-0.39, 0.29) is 24.3 Å². The molecule has 0 N–H and O–H groups in total. The number of benzene rings is 3. The number of carbonyl (C=O) groups excluding carboxylic acids is 1. The monoisotopic (exact) mass is 638 g/mol. The number of aromatic nitrogens is 1. The summed E-state index contributed by atoms with van der Waals surface area (Å²) in [6.45, 7) is 3.86. The van der Waals surface area contributed by atoms with Gasteiger partial charge in [0.15, 0.2) is 16.3 Å². The molecule has 5 rings (SSSR count). The summed E-state index contributed by atoms with van der Waals surface area (Å²) in [5.41, 5.74) is 2.44. The SMILES string of the molecule is CCOC(=O)C1=C(C)N=c2sc(=Cc3cc(Cl)ccc3OCc3ccccc3Cl)c(=O)n2C1c1ccc(OC)c(OC)c1. The quantitative estimate of drug-likeness (QED) is 0.219. The standard InChI is InChI=1S/C32H28Cl2N2O6S/c1-5-41-31(38)28-18(2)35-32-36(29(28)19-10-12-25(39-3)26(15-19)40-4)30(37)27(43-32)16-21-14-22(33)11-13-24(21)42-17-20-8-6-7-9-23(20)34/h6-16,29H,5,17H2,1-4H3. The fraction of sp³-hybridized carbons (Fsp3) is 0.219. The van der Waals surface area contributed by atoms with Crippen LogP contribution in [0.25, 0.3) is 6.08 Å². The van der Waals surface area contributed by atoms with Crippen LogP contribution < -0.4 is 29.1 Å². The van der Waals surface area contributed by atoms with Gasteiger partial charge in [-0.3, -0.25) is 9.36 Å². The zero-order valence-corrected chi connectivity index (χ0v) is 26.2. The number of allylic oxidation sites excluding steroid dienone is 1. The largest absolute Gasteiger partial charge is 0.493 e. The number of hydrogen-bond acceptors (Lipinski definition) is 8. The molecule has 1 aromatic heterocycles. The summed E-state index contributed by atoms with van der Waals surface area (Å²) in [5.74, 6) is 0.944. The lowest BCUT2D eigenvalue weighted by atomic mass is 9.95. The van der Waals surface area contributed by atoms with Crippen LogP contribution in [0.15, 0.2) is 81.7 Å². The number of thiazole rings is 1. The molecule has 8 nitrogen and oxygen atoms in total. The van der Waals surface area contributed by atoms with Gasteiger partial charge in [-0.25, -0.2) is 9.79 Å². The number of nitrogens with zero attached hydrogens (tertiary/aromatic N) is 2. The summed E-state index contributed by atoms with van der Waals surface area (Å²) in [5, 5.41) is 1.07. The van der Waals surface area contributed by atoms with Gasteiger partial charge >= 0.3 is 5.97 Å². The highest BCUT2D eigenvalue weighted by Crippen LogP contribution is 2.36. The Morgan fingerprint density at radius 3 is 2.49 bits per heavy atom. The maximum atomic E-state index is 14.1. The van der Waals surface area contributed by atoms with E-state index in [2.05, 4.69) is 4.99 Å². The second-order valence-electron chi connectivity index (χ2n) is 9.48. The Hall–Kier alpha value is -4.05. The number of carbonyl (C=O) groups is 1. The first-order valence-electron chi connectivity index (χ1n) is 13.3. The summed E-state index contributed by atoms with van der Waals surface area (Å²) in [6.07, 6.45) is 1.71. The summed E-state index contributed by atoms with van der Waals surface area (Å²) in [7, 11) is 3.06. The molecule has 0 amide bonds. The van der Waals surface area contributed by atoms with Crippen LogP contribution in [0.5, 0.6) is 17.2 Å². The van der Waals surface area contributed by atoms with Crippen LogP contribution in [-0.4, -0.2) is 31.4 Å². The van der Waals surface area contributed by atoms with E-state index in [9.17, 15) is 9.59 Å². The molecule has 1 aliphatic rings. The minimum absolute atomic E-state index is 0.171. The second kappa shape index (κ2) is 13.1. The third kappa shape index (κ3) is 6.20. The average Bonchev–Trinajstić information content (AvgIpc) is 3.30. The molecule has 222 valence electrons. The van der Waals surface area contributed by atoms with Crippen LogP contribution in [0.4, 0.5) is 0 Å². The van der Waals surface area contributed by atoms with Crippen LogP contribution in [-0.2, 0) is 16.1 Å². The topological polar surface area (TPSA) is 88.4 Å². The molecular formula is C32H28Cl2N2O6S. The summed E-state index contributed by atoms with van der Waals surface area (Å²) in [4.78, 5) is 32.4. The van der Waals surface area contributed by atoms with E-state index in [4.69, 9.17) is 42.1 Å². The van der Waals surface area contributed by atoms with Gasteiger partial charge in [-0.1, -0.05) is 58.8 Å². The third-order valence-corrected chi connectivity index (χ3v) is 8.43. The third-order valence-electron chi connectivity index (χ3n) is 6.84. The number of halogens is 2. The fourth-order valence-electron chi connectivity index (χ4n) is 4.81. The van der Waals surface area contributed by atoms with Crippen molar-refractivity contribution in [1.29, 1.82) is 0 Å². The maximum absolute atomic E-state index is 14.1. The van der Waals surface area contributed by atoms with Crippen molar-refractivity contribution in [3.05, 3.63) is 118 Å². The molecule has 0 aliphatic carbocycles. The molecule has 0 saturated carbocycles. The van der Waals surface area contributed by atoms with Crippen molar-refractivity contribution in [3.63, 3.8) is 0 Å². The van der Waals surface area contributed by atoms with Gasteiger partial charge in [-0.05, 0) is 61.9 Å². The van der Waals surface area contributed by atoms with E-state index in [0.29, 0.717) is 53.5 Å². The fourth-order valence-corrected chi connectivity index (χ4v) is 6.21. The van der Waals surface area contributed by atoms with Gasteiger partial charge in [0.1, 0.15) is 12.4 Å². The van der Waals surface area contributed by atoms with E-state index in [0.717, 1.165) is 5.56 Å². The molecule has 1 atom stereocenters. The van der Waals surface area contributed by atoms with Crippen molar-refractivity contribution >= 4 is 46.6 Å². The first kappa shape index (κ1) is 30.4. The van der Waals surface area contributed by atoms with Gasteiger partial charge in [0.25, 0.3) is 5.56 Å². The van der Waals surface area contributed by atoms with Crippen molar-refractivity contribution in [2.24, 2.45) is 4.99 Å². The predicted molar refractivity (Wildman–Crippen MR) is 167 cm³/mol. The Morgan fingerprint density at radius 2 is 1.77 bits per heavy atom. The Bertz CT molecular complexity index is 1910. The molecule has 1 unspecified atom stereocenters. The Kier molecular flexibility index (Phi) is 9.25. The second-order valence-corrected chi connectivity index (χ2v) is 11.3. The Balaban J connectivity index is 1.65. The lowest BCUT2D eigenvalue weighted by Gasteiger charge is -2.25. The lowest BCUT2D eigenvalue weighted by Crippen LogP contribution is -2.40. The minimum atomic E-state index is -0.812. The van der Waals surface area contributed by atoms with E-state index in [1.165, 1.54) is 30.1 Å². The number of rotatable bonds is 9. The van der Waals surface area contributed by atoms with Crippen molar-refractivity contribution in [2.75, 3.05) is 20.8 Å². The highest BCUT2D eigenvalue weighted by atomic mass is 35.5. The molecular weight excluding hydrogens is 611 g/mol. The van der Waals surface area contributed by atoms with Crippen LogP contribution in [0.2, 0.25) is 10.0 Å². The molecule has 0 radical (unpaired) electrons. The molecule has 11 heteroatoms. The van der Waals surface area contributed by atoms with Gasteiger partial charge in [0.05, 0.1) is 42.7 Å². The Labute approximate surface area is 262 Å². The molecule has 1 aliphatic heterocycles. The zero-order valence-electron chi connectivity index (χ0n) is 23.9. The minimum Gasteiger partial charge on any atom is -0.493 e. The molecule has 2 heterocycles. The Morgan fingerprint density at radius 1 is 1.02 bits per heavy atom. The van der Waals surface area contributed by atoms with Crippen LogP contribution >= 0.6 is 34.5 Å². The van der Waals surface area contributed by atoms with Crippen molar-refractivity contribution in [3.8, 4) is 17.2 Å². The smallest absolute Gasteiger partial charge is 0.338 e. The highest BCUT2D eigenvalue weighted by molar-refractivity contribution is 7.07. The van der Waals surface area contributed by atoms with Crippen molar-refractivity contribution in [1.82, 2.24) is 4.57 Å². The molecule has 4 aromatic rings. The average molecular weight is 640 g/mol. The number of esters is 1. The van der Waals surface area contributed by atoms with Gasteiger partial charge < -0.3 is 18.9 Å². The molecule has 0 spiro atoms. The van der Waals surface area contributed by atoms with E-state index >= 15 is 0 Å². The number of methoxy groups -OCH3 is 2. The van der Waals surface area contributed by atoms with Gasteiger partial charge in [-0.2, -0.15) is 0 Å². The normalized spacial score (nSPS) is 14.7. The van der Waals surface area contributed by atoms with Gasteiger partial charge in [0.2, 0.25) is 0 Å². The maximum Gasteiger partial charge on any atom is 0.338 e. The lowest BCUT2D eigenvalue weighted by molar-refractivity contribution is -0.139. The summed E-state index contributed by atoms with van der Waals surface area (Å²) >= 11 is 13.9. The highest BCUT2D eigenvalue weighted by Gasteiger charge is 2.34. The number of ether oxygens (including phenoxy) is 4. The molecule has 0 fully saturated rings. The molecule has 0 bridgehead atoms. The summed E-state index contributed by atoms with van der Waals surface area (Å²) < 4.78 is 24.3. The van der Waals surface area contributed by atoms with E-state index in [1.54, 1.807) is 62.4 Å². The predicted octanol–water partition coefficient (Wildman–Crippen LogP) is 5.70. The van der Waals surface area contributed by atoms with Gasteiger partial charge in [0, 0.05) is 21.2 Å². The van der Waals surface area contributed by atoms with E-state index in [1.807, 2.05) is 18.2 Å². The molecule has 3 aromatic carbocycles. The first-order valence-corrected chi connectivity index (χ1v) is 14.9. The summed E-state index contributed by atoms with van der Waals surface area (Å²) in [6, 6.07) is 17.1. The molecule has 0 saturated heterocycles.